The van der Waals surface area contributed by atoms with Crippen LogP contribution in [0.15, 0.2) is 34.9 Å². The van der Waals surface area contributed by atoms with Gasteiger partial charge in [-0.15, -0.1) is 0 Å². The number of furan rings is 1. The highest BCUT2D eigenvalue weighted by molar-refractivity contribution is 5.80. The molecule has 1 heterocycles. The first kappa shape index (κ1) is 10.8. The molecule has 0 radical (unpaired) electrons. The van der Waals surface area contributed by atoms with Crippen LogP contribution >= 0.6 is 0 Å². The van der Waals surface area contributed by atoms with Gasteiger partial charge in [0.25, 0.3) is 0 Å². The molecule has 0 atom stereocenters. The normalized spacial score (nSPS) is 23.8. The Balaban J connectivity index is 1.58. The average molecular weight is 231 g/mol. The first-order valence-electron chi connectivity index (χ1n) is 6.17. The molecule has 0 bridgehead atoms. The Bertz CT molecular complexity index is 500. The summed E-state index contributed by atoms with van der Waals surface area (Å²) in [6.45, 7) is 1.82. The highest BCUT2D eigenvalue weighted by Crippen LogP contribution is 2.26. The van der Waals surface area contributed by atoms with Crippen LogP contribution in [0.2, 0.25) is 0 Å². The minimum Gasteiger partial charge on any atom is -0.464 e. The van der Waals surface area contributed by atoms with Gasteiger partial charge in [-0.25, -0.2) is 0 Å². The maximum absolute atomic E-state index is 9.20. The van der Waals surface area contributed by atoms with Crippen molar-refractivity contribution in [3.8, 4) is 0 Å². The van der Waals surface area contributed by atoms with E-state index in [0.29, 0.717) is 5.92 Å². The van der Waals surface area contributed by atoms with Gasteiger partial charge in [0.15, 0.2) is 0 Å². The van der Waals surface area contributed by atoms with Gasteiger partial charge in [0.1, 0.15) is 5.58 Å². The third kappa shape index (κ3) is 2.21. The van der Waals surface area contributed by atoms with Gasteiger partial charge in [-0.2, -0.15) is 0 Å². The number of nitrogens with one attached hydrogen (secondary N) is 1. The highest BCUT2D eigenvalue weighted by atomic mass is 16.3. The predicted molar refractivity (Wildman–Crippen MR) is 66.7 cm³/mol. The molecule has 90 valence electrons. The maximum Gasteiger partial charge on any atom is 0.134 e. The van der Waals surface area contributed by atoms with Crippen LogP contribution in [0.4, 0.5) is 0 Å². The Morgan fingerprint density at radius 1 is 1.29 bits per heavy atom. The van der Waals surface area contributed by atoms with Crippen LogP contribution in [-0.4, -0.2) is 17.8 Å². The van der Waals surface area contributed by atoms with E-state index in [9.17, 15) is 5.11 Å². The Kier molecular flexibility index (Phi) is 2.87. The van der Waals surface area contributed by atoms with E-state index in [1.165, 1.54) is 10.9 Å². The topological polar surface area (TPSA) is 45.4 Å². The molecular formula is C14H17NO2. The van der Waals surface area contributed by atoms with Gasteiger partial charge in [-0.05, 0) is 31.4 Å². The maximum atomic E-state index is 9.20. The molecular weight excluding hydrogens is 214 g/mol. The molecule has 1 aliphatic carbocycles. The van der Waals surface area contributed by atoms with Crippen molar-refractivity contribution in [3.63, 3.8) is 0 Å². The van der Waals surface area contributed by atoms with Gasteiger partial charge in [0.2, 0.25) is 0 Å². The fraction of sp³-hybridized carbons (Fsp3) is 0.429. The number of aliphatic hydroxyl groups is 1. The first-order valence-corrected chi connectivity index (χ1v) is 6.17. The van der Waals surface area contributed by atoms with E-state index in [1.54, 1.807) is 0 Å². The Hall–Kier alpha value is -1.32. The quantitative estimate of drug-likeness (QED) is 0.848. The fourth-order valence-electron chi connectivity index (χ4n) is 2.45. The zero-order chi connectivity index (χ0) is 11.7. The van der Waals surface area contributed by atoms with Crippen molar-refractivity contribution >= 4 is 11.0 Å². The summed E-state index contributed by atoms with van der Waals surface area (Å²) in [6, 6.07) is 8.09. The molecule has 17 heavy (non-hydrogen) atoms. The summed E-state index contributed by atoms with van der Waals surface area (Å²) in [5.41, 5.74) is 2.16. The summed E-state index contributed by atoms with van der Waals surface area (Å²) in [6.07, 6.45) is 3.66. The lowest BCUT2D eigenvalue weighted by atomic mass is 9.82. The number of rotatable bonds is 4. The fourth-order valence-corrected chi connectivity index (χ4v) is 2.45. The minimum atomic E-state index is -0.0587. The van der Waals surface area contributed by atoms with Crippen LogP contribution < -0.4 is 5.32 Å². The number of para-hydroxylation sites is 1. The molecule has 0 saturated heterocycles. The molecule has 0 unspecified atom stereocenters. The van der Waals surface area contributed by atoms with Crippen LogP contribution in [-0.2, 0) is 6.54 Å². The monoisotopic (exact) mass is 231 g/mol. The Morgan fingerprint density at radius 2 is 2.12 bits per heavy atom. The second-order valence-corrected chi connectivity index (χ2v) is 4.88. The van der Waals surface area contributed by atoms with E-state index in [2.05, 4.69) is 11.4 Å². The molecule has 0 aliphatic heterocycles. The van der Waals surface area contributed by atoms with Gasteiger partial charge < -0.3 is 14.8 Å². The standard InChI is InChI=1S/C14H17NO2/c16-12-5-10(6-12)7-15-8-11-9-17-14-4-2-1-3-13(11)14/h1-4,9-10,12,15-16H,5-8H2. The van der Waals surface area contributed by atoms with Crippen LogP contribution in [0, 0.1) is 5.92 Å². The molecule has 1 aromatic carbocycles. The van der Waals surface area contributed by atoms with Crippen molar-refractivity contribution in [2.24, 2.45) is 5.92 Å². The van der Waals surface area contributed by atoms with E-state index in [4.69, 9.17) is 4.42 Å². The van der Waals surface area contributed by atoms with E-state index < -0.39 is 0 Å². The van der Waals surface area contributed by atoms with E-state index in [1.807, 2.05) is 24.5 Å². The molecule has 1 aliphatic rings. The summed E-state index contributed by atoms with van der Waals surface area (Å²) in [5, 5.41) is 13.8. The number of aliphatic hydroxyl groups excluding tert-OH is 1. The average Bonchev–Trinajstić information content (AvgIpc) is 2.70. The van der Waals surface area contributed by atoms with Crippen molar-refractivity contribution in [2.45, 2.75) is 25.5 Å². The minimum absolute atomic E-state index is 0.0587. The number of benzene rings is 1. The third-order valence-corrected chi connectivity index (χ3v) is 3.52. The van der Waals surface area contributed by atoms with Gasteiger partial charge >= 0.3 is 0 Å². The van der Waals surface area contributed by atoms with Gasteiger partial charge in [-0.3, -0.25) is 0 Å². The second-order valence-electron chi connectivity index (χ2n) is 4.88. The summed E-state index contributed by atoms with van der Waals surface area (Å²) in [7, 11) is 0. The second kappa shape index (κ2) is 4.51. The van der Waals surface area contributed by atoms with Crippen molar-refractivity contribution in [1.82, 2.24) is 5.32 Å². The molecule has 1 aromatic heterocycles. The lowest BCUT2D eigenvalue weighted by Crippen LogP contribution is -2.35. The Labute approximate surface area is 100 Å². The van der Waals surface area contributed by atoms with Crippen LogP contribution in [0.25, 0.3) is 11.0 Å². The zero-order valence-electron chi connectivity index (χ0n) is 9.73. The molecule has 2 N–H and O–H groups in total. The SMILES string of the molecule is OC1CC(CNCc2coc3ccccc23)C1. The highest BCUT2D eigenvalue weighted by Gasteiger charge is 2.26. The first-order chi connectivity index (χ1) is 8.33. The van der Waals surface area contributed by atoms with Crippen molar-refractivity contribution in [2.75, 3.05) is 6.54 Å². The smallest absolute Gasteiger partial charge is 0.134 e. The van der Waals surface area contributed by atoms with Crippen LogP contribution in [0.3, 0.4) is 0 Å². The summed E-state index contributed by atoms with van der Waals surface area (Å²) >= 11 is 0. The van der Waals surface area contributed by atoms with Gasteiger partial charge in [0.05, 0.1) is 12.4 Å². The van der Waals surface area contributed by atoms with Gasteiger partial charge in [-0.1, -0.05) is 18.2 Å². The van der Waals surface area contributed by atoms with Gasteiger partial charge in [0, 0.05) is 17.5 Å². The molecule has 2 aromatic rings. The van der Waals surface area contributed by atoms with Crippen LogP contribution in [0.1, 0.15) is 18.4 Å². The molecule has 0 amide bonds. The predicted octanol–water partition coefficient (Wildman–Crippen LogP) is 2.29. The molecule has 1 saturated carbocycles. The molecule has 0 spiro atoms. The molecule has 3 rings (SSSR count). The lowest BCUT2D eigenvalue weighted by Gasteiger charge is -2.31. The van der Waals surface area contributed by atoms with Crippen molar-refractivity contribution < 1.29 is 9.52 Å². The zero-order valence-corrected chi connectivity index (χ0v) is 9.73. The summed E-state index contributed by atoms with van der Waals surface area (Å²) < 4.78 is 5.48. The lowest BCUT2D eigenvalue weighted by molar-refractivity contribution is 0.0430. The summed E-state index contributed by atoms with van der Waals surface area (Å²) in [4.78, 5) is 0. The van der Waals surface area contributed by atoms with Crippen LogP contribution in [0.5, 0.6) is 0 Å². The third-order valence-electron chi connectivity index (χ3n) is 3.52. The van der Waals surface area contributed by atoms with E-state index in [-0.39, 0.29) is 6.10 Å². The van der Waals surface area contributed by atoms with E-state index >= 15 is 0 Å². The Morgan fingerprint density at radius 3 is 2.94 bits per heavy atom. The summed E-state index contributed by atoms with van der Waals surface area (Å²) in [5.74, 6) is 0.642. The molecule has 3 heteroatoms. The number of fused-ring (bicyclic) bond motifs is 1. The largest absolute Gasteiger partial charge is 0.464 e. The molecule has 3 nitrogen and oxygen atoms in total. The number of hydrogen-bond donors (Lipinski definition) is 2. The number of hydrogen-bond acceptors (Lipinski definition) is 3. The van der Waals surface area contributed by atoms with E-state index in [0.717, 1.165) is 31.5 Å². The van der Waals surface area contributed by atoms with Crippen molar-refractivity contribution in [3.05, 3.63) is 36.1 Å². The molecule has 1 fully saturated rings. The van der Waals surface area contributed by atoms with Crippen molar-refractivity contribution in [1.29, 1.82) is 0 Å².